The van der Waals surface area contributed by atoms with Crippen LogP contribution in [-0.4, -0.2) is 39.3 Å². The standard InChI is InChI=1S/C25H30N4O4S/c1-5-33-21-13-11-19(12-14-21)17(2)26-22(30)15-34-16-23(31)27-24-18(3)28(4)29(25(24)32)20-9-7-6-8-10-20/h6-14,17H,5,15-16H2,1-4H3,(H,26,30)(H,27,31). The number of anilines is 1. The monoisotopic (exact) mass is 482 g/mol. The van der Waals surface area contributed by atoms with E-state index >= 15 is 0 Å². The Kier molecular flexibility index (Phi) is 8.59. The molecule has 0 aliphatic heterocycles. The van der Waals surface area contributed by atoms with E-state index < -0.39 is 0 Å². The van der Waals surface area contributed by atoms with Crippen LogP contribution in [0.1, 0.15) is 31.1 Å². The summed E-state index contributed by atoms with van der Waals surface area (Å²) >= 11 is 1.19. The summed E-state index contributed by atoms with van der Waals surface area (Å²) in [5.74, 6) is 0.487. The van der Waals surface area contributed by atoms with Crippen molar-refractivity contribution in [3.63, 3.8) is 0 Å². The number of carbonyl (C=O) groups is 2. The molecule has 0 saturated carbocycles. The van der Waals surface area contributed by atoms with Crippen molar-refractivity contribution in [2.24, 2.45) is 7.05 Å². The van der Waals surface area contributed by atoms with E-state index in [-0.39, 0.29) is 40.6 Å². The summed E-state index contributed by atoms with van der Waals surface area (Å²) in [4.78, 5) is 37.6. The first-order valence-corrected chi connectivity index (χ1v) is 12.2. The molecule has 3 aromatic rings. The fraction of sp³-hybridized carbons (Fsp3) is 0.320. The SMILES string of the molecule is CCOc1ccc(C(C)NC(=O)CSCC(=O)Nc2c(C)n(C)n(-c3ccccc3)c2=O)cc1. The lowest BCUT2D eigenvalue weighted by atomic mass is 10.1. The first kappa shape index (κ1) is 25.2. The van der Waals surface area contributed by atoms with Crippen molar-refractivity contribution >= 4 is 29.3 Å². The van der Waals surface area contributed by atoms with Crippen LogP contribution in [0.15, 0.2) is 59.4 Å². The Morgan fingerprint density at radius 2 is 1.68 bits per heavy atom. The van der Waals surface area contributed by atoms with Crippen molar-refractivity contribution < 1.29 is 14.3 Å². The molecule has 0 radical (unpaired) electrons. The van der Waals surface area contributed by atoms with Gasteiger partial charge in [0.15, 0.2) is 0 Å². The van der Waals surface area contributed by atoms with Crippen LogP contribution in [0.3, 0.4) is 0 Å². The Hall–Kier alpha value is -3.46. The number of hydrogen-bond donors (Lipinski definition) is 2. The van der Waals surface area contributed by atoms with Gasteiger partial charge >= 0.3 is 0 Å². The quantitative estimate of drug-likeness (QED) is 0.462. The Morgan fingerprint density at radius 1 is 1.03 bits per heavy atom. The van der Waals surface area contributed by atoms with Gasteiger partial charge in [0.05, 0.1) is 35.5 Å². The molecule has 1 heterocycles. The van der Waals surface area contributed by atoms with E-state index in [0.29, 0.717) is 18.0 Å². The van der Waals surface area contributed by atoms with Gasteiger partial charge in [0.1, 0.15) is 11.4 Å². The molecule has 1 unspecified atom stereocenters. The summed E-state index contributed by atoms with van der Waals surface area (Å²) in [5, 5.41) is 5.64. The zero-order chi connectivity index (χ0) is 24.7. The minimum absolute atomic E-state index is 0.0595. The molecule has 0 bridgehead atoms. The molecule has 180 valence electrons. The molecule has 8 nitrogen and oxygen atoms in total. The second kappa shape index (κ2) is 11.6. The first-order chi connectivity index (χ1) is 16.3. The second-order valence-electron chi connectivity index (χ2n) is 7.77. The van der Waals surface area contributed by atoms with Gasteiger partial charge in [-0.25, -0.2) is 4.68 Å². The second-order valence-corrected chi connectivity index (χ2v) is 8.75. The molecule has 2 amide bonds. The highest BCUT2D eigenvalue weighted by Crippen LogP contribution is 2.18. The van der Waals surface area contributed by atoms with Crippen molar-refractivity contribution in [3.8, 4) is 11.4 Å². The van der Waals surface area contributed by atoms with Crippen molar-refractivity contribution in [1.29, 1.82) is 0 Å². The van der Waals surface area contributed by atoms with Gasteiger partial charge in [0.25, 0.3) is 5.56 Å². The average Bonchev–Trinajstić information content (AvgIpc) is 3.03. The van der Waals surface area contributed by atoms with E-state index in [9.17, 15) is 14.4 Å². The van der Waals surface area contributed by atoms with Crippen molar-refractivity contribution in [3.05, 3.63) is 76.2 Å². The maximum Gasteiger partial charge on any atom is 0.295 e. The summed E-state index contributed by atoms with van der Waals surface area (Å²) in [5.41, 5.74) is 2.27. The maximum atomic E-state index is 12.9. The van der Waals surface area contributed by atoms with Crippen LogP contribution in [0.5, 0.6) is 5.75 Å². The highest BCUT2D eigenvalue weighted by Gasteiger charge is 2.18. The number of rotatable bonds is 10. The van der Waals surface area contributed by atoms with E-state index in [1.165, 1.54) is 16.4 Å². The third-order valence-electron chi connectivity index (χ3n) is 5.35. The normalized spacial score (nSPS) is 11.6. The lowest BCUT2D eigenvalue weighted by Gasteiger charge is -2.15. The number of nitrogens with zero attached hydrogens (tertiary/aromatic N) is 2. The molecular weight excluding hydrogens is 452 g/mol. The molecule has 9 heteroatoms. The first-order valence-electron chi connectivity index (χ1n) is 11.1. The van der Waals surface area contributed by atoms with Crippen molar-refractivity contribution in [2.75, 3.05) is 23.4 Å². The topological polar surface area (TPSA) is 94.4 Å². The Bertz CT molecular complexity index is 1190. The third-order valence-corrected chi connectivity index (χ3v) is 6.29. The zero-order valence-corrected chi connectivity index (χ0v) is 20.6. The van der Waals surface area contributed by atoms with Gasteiger partial charge < -0.3 is 15.4 Å². The predicted molar refractivity (Wildman–Crippen MR) is 136 cm³/mol. The van der Waals surface area contributed by atoms with Crippen LogP contribution in [-0.2, 0) is 16.6 Å². The van der Waals surface area contributed by atoms with Crippen LogP contribution in [0, 0.1) is 6.92 Å². The largest absolute Gasteiger partial charge is 0.494 e. The molecule has 0 saturated heterocycles. The molecule has 1 atom stereocenters. The number of para-hydroxylation sites is 1. The minimum atomic E-state index is -0.330. The van der Waals surface area contributed by atoms with Gasteiger partial charge in [0.2, 0.25) is 11.8 Å². The zero-order valence-electron chi connectivity index (χ0n) is 19.8. The summed E-state index contributed by atoms with van der Waals surface area (Å²) < 4.78 is 8.65. The van der Waals surface area contributed by atoms with E-state index in [0.717, 1.165) is 11.3 Å². The van der Waals surface area contributed by atoms with Gasteiger partial charge in [-0.15, -0.1) is 11.8 Å². The van der Waals surface area contributed by atoms with E-state index in [1.54, 1.807) is 18.7 Å². The maximum absolute atomic E-state index is 12.9. The Balaban J connectivity index is 1.51. The number of hydrogen-bond acceptors (Lipinski definition) is 5. The predicted octanol–water partition coefficient (Wildman–Crippen LogP) is 3.43. The molecule has 0 aliphatic rings. The Morgan fingerprint density at radius 3 is 2.32 bits per heavy atom. The molecule has 0 fully saturated rings. The van der Waals surface area contributed by atoms with E-state index in [1.807, 2.05) is 68.4 Å². The summed E-state index contributed by atoms with van der Waals surface area (Å²) in [6, 6.07) is 16.6. The third kappa shape index (κ3) is 6.11. The Labute approximate surface area is 203 Å². The fourth-order valence-electron chi connectivity index (χ4n) is 3.51. The molecule has 34 heavy (non-hydrogen) atoms. The fourth-order valence-corrected chi connectivity index (χ4v) is 4.14. The smallest absolute Gasteiger partial charge is 0.295 e. The van der Waals surface area contributed by atoms with Gasteiger partial charge in [-0.2, -0.15) is 0 Å². The molecule has 2 aromatic carbocycles. The molecule has 0 spiro atoms. The number of amides is 2. The van der Waals surface area contributed by atoms with Gasteiger partial charge in [0, 0.05) is 7.05 Å². The van der Waals surface area contributed by atoms with Crippen molar-refractivity contribution in [2.45, 2.75) is 26.8 Å². The van der Waals surface area contributed by atoms with Crippen LogP contribution >= 0.6 is 11.8 Å². The van der Waals surface area contributed by atoms with Crippen LogP contribution in [0.4, 0.5) is 5.69 Å². The van der Waals surface area contributed by atoms with Crippen LogP contribution < -0.4 is 20.9 Å². The average molecular weight is 483 g/mol. The number of carbonyl (C=O) groups excluding carboxylic acids is 2. The lowest BCUT2D eigenvalue weighted by Crippen LogP contribution is -2.29. The minimum Gasteiger partial charge on any atom is -0.494 e. The van der Waals surface area contributed by atoms with Gasteiger partial charge in [-0.3, -0.25) is 19.1 Å². The highest BCUT2D eigenvalue weighted by molar-refractivity contribution is 8.00. The van der Waals surface area contributed by atoms with E-state index in [4.69, 9.17) is 4.74 Å². The number of nitrogens with one attached hydrogen (secondary N) is 2. The molecular formula is C25H30N4O4S. The molecule has 0 aliphatic carbocycles. The molecule has 2 N–H and O–H groups in total. The summed E-state index contributed by atoms with van der Waals surface area (Å²) in [7, 11) is 1.77. The summed E-state index contributed by atoms with van der Waals surface area (Å²) in [6.45, 7) is 6.21. The number of thioether (sulfide) groups is 1. The van der Waals surface area contributed by atoms with Crippen LogP contribution in [0.25, 0.3) is 5.69 Å². The lowest BCUT2D eigenvalue weighted by molar-refractivity contribution is -0.119. The van der Waals surface area contributed by atoms with Crippen molar-refractivity contribution in [1.82, 2.24) is 14.7 Å². The van der Waals surface area contributed by atoms with Gasteiger partial charge in [-0.05, 0) is 50.6 Å². The van der Waals surface area contributed by atoms with Crippen LogP contribution in [0.2, 0.25) is 0 Å². The number of aromatic nitrogens is 2. The number of ether oxygens (including phenoxy) is 1. The van der Waals surface area contributed by atoms with Gasteiger partial charge in [-0.1, -0.05) is 30.3 Å². The summed E-state index contributed by atoms with van der Waals surface area (Å²) in [6.07, 6.45) is 0. The number of benzene rings is 2. The highest BCUT2D eigenvalue weighted by atomic mass is 32.2. The molecule has 1 aromatic heterocycles. The van der Waals surface area contributed by atoms with E-state index in [2.05, 4.69) is 10.6 Å². The molecule has 3 rings (SSSR count).